The molecule has 3 rings (SSSR count). The Morgan fingerprint density at radius 2 is 2.07 bits per heavy atom. The zero-order valence-corrected chi connectivity index (χ0v) is 18.0. The number of halogens is 3. The van der Waals surface area contributed by atoms with Crippen LogP contribution in [0.15, 0.2) is 30.6 Å². The number of hydrogen-bond donors (Lipinski definition) is 0. The van der Waals surface area contributed by atoms with Gasteiger partial charge in [0.15, 0.2) is 0 Å². The van der Waals surface area contributed by atoms with E-state index in [1.807, 2.05) is 25.7 Å². The van der Waals surface area contributed by atoms with Gasteiger partial charge in [0, 0.05) is 37.6 Å². The van der Waals surface area contributed by atoms with E-state index in [4.69, 9.17) is 27.9 Å². The van der Waals surface area contributed by atoms with Crippen molar-refractivity contribution in [2.75, 3.05) is 30.4 Å². The first kappa shape index (κ1) is 21.6. The summed E-state index contributed by atoms with van der Waals surface area (Å²) in [4.78, 5) is 25.1. The molecular formula is C20H23Cl2FN4O2. The van der Waals surface area contributed by atoms with Crippen LogP contribution >= 0.6 is 23.2 Å². The van der Waals surface area contributed by atoms with Crippen LogP contribution in [0.1, 0.15) is 20.8 Å². The van der Waals surface area contributed by atoms with Crippen LogP contribution in [0, 0.1) is 11.2 Å². The molecule has 0 bridgehead atoms. The molecule has 1 aromatic carbocycles. The molecule has 29 heavy (non-hydrogen) atoms. The van der Waals surface area contributed by atoms with Gasteiger partial charge in [-0.3, -0.25) is 4.79 Å². The van der Waals surface area contributed by atoms with Gasteiger partial charge >= 0.3 is 0 Å². The first-order chi connectivity index (χ1) is 13.7. The van der Waals surface area contributed by atoms with E-state index in [1.54, 1.807) is 6.07 Å². The maximum atomic E-state index is 13.2. The summed E-state index contributed by atoms with van der Waals surface area (Å²) in [5, 5.41) is 0.160. The van der Waals surface area contributed by atoms with E-state index < -0.39 is 11.2 Å². The van der Waals surface area contributed by atoms with Crippen molar-refractivity contribution in [2.24, 2.45) is 5.41 Å². The molecule has 1 saturated heterocycles. The lowest BCUT2D eigenvalue weighted by molar-refractivity contribution is -0.141. The lowest BCUT2D eigenvalue weighted by atomic mass is 9.93. The van der Waals surface area contributed by atoms with Crippen LogP contribution in [0.3, 0.4) is 0 Å². The molecule has 1 fully saturated rings. The van der Waals surface area contributed by atoms with E-state index in [0.29, 0.717) is 37.1 Å². The summed E-state index contributed by atoms with van der Waals surface area (Å²) in [6.45, 7) is 7.54. The van der Waals surface area contributed by atoms with Crippen molar-refractivity contribution in [2.45, 2.75) is 26.8 Å². The second-order valence-electron chi connectivity index (χ2n) is 7.70. The lowest BCUT2D eigenvalue weighted by Gasteiger charge is -2.43. The fourth-order valence-electron chi connectivity index (χ4n) is 3.14. The molecule has 9 heteroatoms. The van der Waals surface area contributed by atoms with Crippen LogP contribution in [-0.2, 0) is 4.79 Å². The van der Waals surface area contributed by atoms with Crippen LogP contribution in [0.2, 0.25) is 5.02 Å². The Hall–Kier alpha value is -2.12. The van der Waals surface area contributed by atoms with E-state index in [0.717, 1.165) is 0 Å². The van der Waals surface area contributed by atoms with Crippen molar-refractivity contribution < 1.29 is 13.9 Å². The van der Waals surface area contributed by atoms with Gasteiger partial charge in [0.1, 0.15) is 23.7 Å². The van der Waals surface area contributed by atoms with E-state index in [-0.39, 0.29) is 22.9 Å². The second-order valence-corrected chi connectivity index (χ2v) is 8.38. The highest BCUT2D eigenvalue weighted by atomic mass is 35.5. The Labute approximate surface area is 179 Å². The van der Waals surface area contributed by atoms with Crippen LogP contribution in [0.5, 0.6) is 11.6 Å². The van der Waals surface area contributed by atoms with Crippen molar-refractivity contribution in [1.82, 2.24) is 14.9 Å². The Morgan fingerprint density at radius 1 is 1.31 bits per heavy atom. The summed E-state index contributed by atoms with van der Waals surface area (Å²) in [7, 11) is 0. The SMILES string of the molecule is C[C@H]1CN(c2cc(Oc3ccc(F)cc3Cl)ncn2)CCN1C(=O)C(C)(C)CCl. The number of alkyl halides is 1. The summed E-state index contributed by atoms with van der Waals surface area (Å²) in [6.07, 6.45) is 1.40. The number of rotatable bonds is 5. The fraction of sp³-hybridized carbons (Fsp3) is 0.450. The Kier molecular flexibility index (Phi) is 6.49. The van der Waals surface area contributed by atoms with Gasteiger partial charge in [-0.15, -0.1) is 11.6 Å². The summed E-state index contributed by atoms with van der Waals surface area (Å²) >= 11 is 12.0. The normalized spacial score (nSPS) is 17.4. The number of amides is 1. The zero-order valence-electron chi connectivity index (χ0n) is 16.5. The molecule has 2 aromatic rings. The Bertz CT molecular complexity index is 897. The molecule has 2 heterocycles. The quantitative estimate of drug-likeness (QED) is 0.646. The van der Waals surface area contributed by atoms with Gasteiger partial charge in [0.25, 0.3) is 0 Å². The third-order valence-corrected chi connectivity index (χ3v) is 5.82. The van der Waals surface area contributed by atoms with E-state index in [2.05, 4.69) is 14.9 Å². The molecule has 0 spiro atoms. The third kappa shape index (κ3) is 4.90. The van der Waals surface area contributed by atoms with Crippen LogP contribution in [-0.4, -0.2) is 52.3 Å². The molecule has 0 saturated carbocycles. The summed E-state index contributed by atoms with van der Waals surface area (Å²) < 4.78 is 18.9. The predicted molar refractivity (Wildman–Crippen MR) is 111 cm³/mol. The molecular weight excluding hydrogens is 418 g/mol. The topological polar surface area (TPSA) is 58.6 Å². The van der Waals surface area contributed by atoms with E-state index >= 15 is 0 Å². The third-order valence-electron chi connectivity index (χ3n) is 4.86. The van der Waals surface area contributed by atoms with Gasteiger partial charge in [-0.2, -0.15) is 0 Å². The first-order valence-electron chi connectivity index (χ1n) is 9.28. The summed E-state index contributed by atoms with van der Waals surface area (Å²) in [5.41, 5.74) is -0.595. The highest BCUT2D eigenvalue weighted by Crippen LogP contribution is 2.30. The van der Waals surface area contributed by atoms with Gasteiger partial charge in [-0.05, 0) is 39.0 Å². The molecule has 0 aliphatic carbocycles. The number of benzene rings is 1. The molecule has 1 aromatic heterocycles. The summed E-state index contributed by atoms with van der Waals surface area (Å²) in [5.74, 6) is 1.19. The maximum Gasteiger partial charge on any atom is 0.229 e. The molecule has 0 N–H and O–H groups in total. The smallest absolute Gasteiger partial charge is 0.229 e. The van der Waals surface area contributed by atoms with E-state index in [9.17, 15) is 9.18 Å². The molecule has 6 nitrogen and oxygen atoms in total. The minimum atomic E-state index is -0.595. The monoisotopic (exact) mass is 440 g/mol. The van der Waals surface area contributed by atoms with Crippen molar-refractivity contribution in [1.29, 1.82) is 0 Å². The Morgan fingerprint density at radius 3 is 2.72 bits per heavy atom. The number of nitrogens with zero attached hydrogens (tertiary/aromatic N) is 4. The van der Waals surface area contributed by atoms with Gasteiger partial charge in [-0.25, -0.2) is 14.4 Å². The van der Waals surface area contributed by atoms with Crippen LogP contribution < -0.4 is 9.64 Å². The molecule has 0 radical (unpaired) electrons. The van der Waals surface area contributed by atoms with E-state index in [1.165, 1.54) is 24.5 Å². The fourth-order valence-corrected chi connectivity index (χ4v) is 3.46. The minimum Gasteiger partial charge on any atom is -0.437 e. The average Bonchev–Trinajstić information content (AvgIpc) is 2.70. The highest BCUT2D eigenvalue weighted by Gasteiger charge is 2.36. The van der Waals surface area contributed by atoms with Crippen LogP contribution in [0.25, 0.3) is 0 Å². The molecule has 0 unspecified atom stereocenters. The van der Waals surface area contributed by atoms with Gasteiger partial charge in [0.2, 0.25) is 11.8 Å². The maximum absolute atomic E-state index is 13.2. The molecule has 1 atom stereocenters. The minimum absolute atomic E-state index is 0.00428. The number of piperazine rings is 1. The Balaban J connectivity index is 1.71. The second kappa shape index (κ2) is 8.71. The van der Waals surface area contributed by atoms with Gasteiger partial charge in [-0.1, -0.05) is 11.6 Å². The zero-order chi connectivity index (χ0) is 21.2. The standard InChI is InChI=1S/C20H23Cl2FN4O2/c1-13-10-26(6-7-27(13)19(28)20(2,3)11-21)17-9-18(25-12-24-17)29-16-5-4-14(23)8-15(16)22/h4-5,8-9,12-13H,6-7,10-11H2,1-3H3/t13-/m0/s1. The van der Waals surface area contributed by atoms with Crippen molar-refractivity contribution in [3.05, 3.63) is 41.4 Å². The van der Waals surface area contributed by atoms with Crippen LogP contribution in [0.4, 0.5) is 10.2 Å². The van der Waals surface area contributed by atoms with Crippen molar-refractivity contribution in [3.63, 3.8) is 0 Å². The predicted octanol–water partition coefficient (Wildman–Crippen LogP) is 4.36. The number of anilines is 1. The number of carbonyl (C=O) groups excluding carboxylic acids is 1. The van der Waals surface area contributed by atoms with Crippen molar-refractivity contribution in [3.8, 4) is 11.6 Å². The molecule has 156 valence electrons. The molecule has 1 aliphatic rings. The first-order valence-corrected chi connectivity index (χ1v) is 10.2. The number of aromatic nitrogens is 2. The largest absolute Gasteiger partial charge is 0.437 e. The average molecular weight is 441 g/mol. The summed E-state index contributed by atoms with van der Waals surface area (Å²) in [6, 6.07) is 5.60. The number of hydrogen-bond acceptors (Lipinski definition) is 5. The molecule has 1 amide bonds. The lowest BCUT2D eigenvalue weighted by Crippen LogP contribution is -2.57. The highest BCUT2D eigenvalue weighted by molar-refractivity contribution is 6.32. The molecule has 1 aliphatic heterocycles. The number of ether oxygens (including phenoxy) is 1. The van der Waals surface area contributed by atoms with Gasteiger partial charge in [0.05, 0.1) is 10.4 Å². The number of carbonyl (C=O) groups is 1. The van der Waals surface area contributed by atoms with Gasteiger partial charge < -0.3 is 14.5 Å². The van der Waals surface area contributed by atoms with Crippen molar-refractivity contribution >= 4 is 34.9 Å².